The quantitative estimate of drug-likeness (QED) is 0.0379. The van der Waals surface area contributed by atoms with Gasteiger partial charge < -0.3 is 25.6 Å². The molecule has 0 saturated heterocycles. The summed E-state index contributed by atoms with van der Waals surface area (Å²) in [6.45, 7) is 0.588. The Kier molecular flexibility index (Phi) is 14.7. The van der Waals surface area contributed by atoms with Crippen molar-refractivity contribution in [2.45, 2.75) is 37.5 Å². The number of carbonyl (C=O) groups excluding carboxylic acids is 3. The summed E-state index contributed by atoms with van der Waals surface area (Å²) in [5.41, 5.74) is 23.1. The fourth-order valence-corrected chi connectivity index (χ4v) is 7.84. The Bertz CT molecular complexity index is 2330. The topological polar surface area (TPSA) is 194 Å². The lowest BCUT2D eigenvalue weighted by Crippen LogP contribution is -2.27. The van der Waals surface area contributed by atoms with Gasteiger partial charge in [-0.2, -0.15) is 0 Å². The normalized spacial score (nSPS) is 13.2. The molecule has 5 aromatic rings. The lowest BCUT2D eigenvalue weighted by Gasteiger charge is -2.18. The third-order valence-corrected chi connectivity index (χ3v) is 11.0. The number of hydrogen-bond acceptors (Lipinski definition) is 8. The summed E-state index contributed by atoms with van der Waals surface area (Å²) in [5.74, 6) is -4.94. The molecule has 60 heavy (non-hydrogen) atoms. The number of amides is 1. The number of carboxylic acid groups (broad SMARTS) is 1. The number of nitrogens with zero attached hydrogens (tertiary/aromatic N) is 3. The zero-order valence-electron chi connectivity index (χ0n) is 32.5. The molecule has 0 spiro atoms. The molecule has 0 unspecified atom stereocenters. The van der Waals surface area contributed by atoms with Crippen LogP contribution in [0.15, 0.2) is 120 Å². The van der Waals surface area contributed by atoms with E-state index in [2.05, 4.69) is 27.5 Å². The van der Waals surface area contributed by atoms with Crippen molar-refractivity contribution in [3.63, 3.8) is 0 Å². The van der Waals surface area contributed by atoms with E-state index < -0.39 is 41.5 Å². The van der Waals surface area contributed by atoms with Gasteiger partial charge in [0, 0.05) is 29.2 Å². The number of carboxylic acids is 1. The highest BCUT2D eigenvalue weighted by atomic mass is 35.5. The summed E-state index contributed by atoms with van der Waals surface area (Å²) in [5, 5.41) is 15.3. The Morgan fingerprint density at radius 2 is 1.18 bits per heavy atom. The third-order valence-electron chi connectivity index (χ3n) is 10.6. The number of nitrogens with two attached hydrogens (primary N) is 1. The molecule has 0 aromatic heterocycles. The summed E-state index contributed by atoms with van der Waals surface area (Å²) in [7, 11) is 0. The van der Waals surface area contributed by atoms with E-state index in [0.29, 0.717) is 0 Å². The van der Waals surface area contributed by atoms with E-state index in [1.807, 2.05) is 84.9 Å². The molecule has 7 rings (SSSR count). The van der Waals surface area contributed by atoms with Crippen molar-refractivity contribution in [1.29, 1.82) is 0 Å². The first-order valence-electron chi connectivity index (χ1n) is 19.5. The number of anilines is 1. The number of carbonyl (C=O) groups is 4. The van der Waals surface area contributed by atoms with Crippen LogP contribution in [0.1, 0.15) is 59.8 Å². The van der Waals surface area contributed by atoms with E-state index in [4.69, 9.17) is 37.4 Å². The average molecular weight is 832 g/mol. The third kappa shape index (κ3) is 10.4. The van der Waals surface area contributed by atoms with Crippen LogP contribution < -0.4 is 11.1 Å². The minimum absolute atomic E-state index is 0.0160. The number of esters is 2. The standard InChI is InChI=1S/C26H22ClFN4O3.C20H21NO4/c27-23-10-9-17(28)14-24(23)31-26(34)16(11-12-30-32-29)13-25(33)35-15-22-20-7-3-1-5-18(20)19-6-2-4-8-21(19)22;21-10-9-13(20(23)24)11-19(22)25-12-18-16-7-3-1-5-14(16)15-6-2-4-8-17(15)18/h1-10,14,16,22H,11-13,15H2,(H,31,34);1-8,13,18H,9-12,21H2,(H,23,24)/t16-;13-/m11/s1. The molecule has 4 N–H and O–H groups in total. The van der Waals surface area contributed by atoms with Gasteiger partial charge in [0.25, 0.3) is 0 Å². The minimum atomic E-state index is -1.01. The maximum Gasteiger partial charge on any atom is 0.307 e. The number of ether oxygens (including phenoxy) is 2. The molecule has 0 bridgehead atoms. The number of benzene rings is 5. The van der Waals surface area contributed by atoms with Crippen molar-refractivity contribution in [2.24, 2.45) is 22.7 Å². The van der Waals surface area contributed by atoms with Crippen LogP contribution in [-0.4, -0.2) is 55.2 Å². The second kappa shape index (κ2) is 20.4. The van der Waals surface area contributed by atoms with Gasteiger partial charge in [-0.15, -0.1) is 0 Å². The second-order valence-corrected chi connectivity index (χ2v) is 14.8. The van der Waals surface area contributed by atoms with Crippen LogP contribution in [-0.2, 0) is 28.7 Å². The molecule has 1 amide bonds. The van der Waals surface area contributed by atoms with Gasteiger partial charge >= 0.3 is 17.9 Å². The van der Waals surface area contributed by atoms with Crippen LogP contribution >= 0.6 is 11.6 Å². The lowest BCUT2D eigenvalue weighted by atomic mass is 9.97. The molecule has 0 fully saturated rings. The van der Waals surface area contributed by atoms with Crippen molar-refractivity contribution in [3.8, 4) is 22.3 Å². The molecule has 14 heteroatoms. The molecule has 0 heterocycles. The van der Waals surface area contributed by atoms with Crippen molar-refractivity contribution in [2.75, 3.05) is 31.6 Å². The van der Waals surface area contributed by atoms with Gasteiger partial charge in [0.05, 0.1) is 29.5 Å². The van der Waals surface area contributed by atoms with Crippen LogP contribution in [0.2, 0.25) is 5.02 Å². The van der Waals surface area contributed by atoms with E-state index in [1.165, 1.54) is 12.1 Å². The highest BCUT2D eigenvalue weighted by Crippen LogP contribution is 2.45. The van der Waals surface area contributed by atoms with E-state index in [9.17, 15) is 23.6 Å². The Labute approximate surface area is 351 Å². The fraction of sp³-hybridized carbons (Fsp3) is 0.261. The fourth-order valence-electron chi connectivity index (χ4n) is 7.68. The number of fused-ring (bicyclic) bond motifs is 6. The molecule has 0 saturated carbocycles. The molecule has 308 valence electrons. The van der Waals surface area contributed by atoms with Crippen LogP contribution in [0.5, 0.6) is 0 Å². The number of hydrogen-bond donors (Lipinski definition) is 3. The van der Waals surface area contributed by atoms with Crippen LogP contribution in [0.3, 0.4) is 0 Å². The van der Waals surface area contributed by atoms with Gasteiger partial charge in [-0.1, -0.05) is 114 Å². The highest BCUT2D eigenvalue weighted by Gasteiger charge is 2.32. The van der Waals surface area contributed by atoms with Crippen molar-refractivity contribution in [3.05, 3.63) is 159 Å². The first-order chi connectivity index (χ1) is 29.1. The largest absolute Gasteiger partial charge is 0.481 e. The number of azide groups is 1. The Hall–Kier alpha value is -6.53. The lowest BCUT2D eigenvalue weighted by molar-refractivity contribution is -0.151. The number of aliphatic carboxylic acids is 1. The van der Waals surface area contributed by atoms with Gasteiger partial charge in [-0.25, -0.2) is 4.39 Å². The average Bonchev–Trinajstić information content (AvgIpc) is 3.75. The van der Waals surface area contributed by atoms with Crippen LogP contribution in [0, 0.1) is 17.7 Å². The SMILES string of the molecule is NCC[C@H](CC(=O)OCC1c2ccccc2-c2ccccc21)C(=O)O.[N-]=[N+]=NCC[C@H](CC(=O)OCC1c2ccccc2-c2ccccc21)C(=O)Nc1cc(F)ccc1Cl. The molecule has 2 aliphatic rings. The van der Waals surface area contributed by atoms with E-state index >= 15 is 0 Å². The molecule has 0 aliphatic heterocycles. The van der Waals surface area contributed by atoms with Crippen LogP contribution in [0.25, 0.3) is 32.7 Å². The molecule has 2 atom stereocenters. The van der Waals surface area contributed by atoms with Crippen molar-refractivity contribution in [1.82, 2.24) is 0 Å². The molecule has 5 aromatic carbocycles. The first kappa shape index (κ1) is 43.1. The summed E-state index contributed by atoms with van der Waals surface area (Å²) < 4.78 is 24.6. The predicted octanol–water partition coefficient (Wildman–Crippen LogP) is 9.26. The maximum atomic E-state index is 13.6. The summed E-state index contributed by atoms with van der Waals surface area (Å²) in [4.78, 5) is 51.5. The van der Waals surface area contributed by atoms with E-state index in [-0.39, 0.29) is 74.5 Å². The Morgan fingerprint density at radius 3 is 1.62 bits per heavy atom. The monoisotopic (exact) mass is 831 g/mol. The predicted molar refractivity (Wildman–Crippen MR) is 226 cm³/mol. The molecule has 12 nitrogen and oxygen atoms in total. The molecule has 2 aliphatic carbocycles. The summed E-state index contributed by atoms with van der Waals surface area (Å²) in [6.07, 6.45) is 0.00479. The number of rotatable bonds is 16. The number of halogens is 2. The van der Waals surface area contributed by atoms with Gasteiger partial charge in [-0.05, 0) is 87.6 Å². The van der Waals surface area contributed by atoms with Crippen LogP contribution in [0.4, 0.5) is 10.1 Å². The van der Waals surface area contributed by atoms with E-state index in [1.54, 1.807) is 0 Å². The number of nitrogens with one attached hydrogen (secondary N) is 1. The smallest absolute Gasteiger partial charge is 0.307 e. The minimum Gasteiger partial charge on any atom is -0.481 e. The highest BCUT2D eigenvalue weighted by molar-refractivity contribution is 6.33. The zero-order valence-corrected chi connectivity index (χ0v) is 33.3. The molecular weight excluding hydrogens is 789 g/mol. The maximum absolute atomic E-state index is 13.6. The summed E-state index contributed by atoms with van der Waals surface area (Å²) in [6, 6.07) is 35.7. The summed E-state index contributed by atoms with van der Waals surface area (Å²) >= 11 is 6.04. The van der Waals surface area contributed by atoms with Gasteiger partial charge in [-0.3, -0.25) is 19.2 Å². The molecular formula is C46H43ClFN5O7. The second-order valence-electron chi connectivity index (χ2n) is 14.4. The van der Waals surface area contributed by atoms with Gasteiger partial charge in [0.2, 0.25) is 5.91 Å². The molecule has 0 radical (unpaired) electrons. The first-order valence-corrected chi connectivity index (χ1v) is 19.8. The zero-order chi connectivity index (χ0) is 42.6. The van der Waals surface area contributed by atoms with Gasteiger partial charge in [0.1, 0.15) is 19.0 Å². The van der Waals surface area contributed by atoms with Gasteiger partial charge in [0.15, 0.2) is 0 Å². The van der Waals surface area contributed by atoms with Crippen molar-refractivity contribution >= 4 is 41.1 Å². The Morgan fingerprint density at radius 1 is 0.733 bits per heavy atom. The Balaban J connectivity index is 0.000000213. The van der Waals surface area contributed by atoms with E-state index in [0.717, 1.165) is 50.6 Å². The van der Waals surface area contributed by atoms with Crippen molar-refractivity contribution < 1.29 is 38.1 Å².